The number of nitrogen functional groups attached to an aromatic ring is 1. The number of hydrogen-bond donors (Lipinski definition) is 4. The lowest BCUT2D eigenvalue weighted by molar-refractivity contribution is 1.08. The van der Waals surface area contributed by atoms with Crippen LogP contribution in [-0.2, 0) is 0 Å². The van der Waals surface area contributed by atoms with Crippen LogP contribution in [0, 0.1) is 13.8 Å². The van der Waals surface area contributed by atoms with E-state index >= 15 is 0 Å². The van der Waals surface area contributed by atoms with Gasteiger partial charge in [0.1, 0.15) is 5.82 Å². The Labute approximate surface area is 115 Å². The molecule has 5 N–H and O–H groups in total. The molecule has 0 spiro atoms. The lowest BCUT2D eigenvalue weighted by atomic mass is 10.1. The lowest BCUT2D eigenvalue weighted by Crippen LogP contribution is -2.11. The van der Waals surface area contributed by atoms with Crippen LogP contribution < -0.4 is 16.6 Å². The highest BCUT2D eigenvalue weighted by Crippen LogP contribution is 2.26. The van der Waals surface area contributed by atoms with E-state index < -0.39 is 0 Å². The van der Waals surface area contributed by atoms with E-state index in [-0.39, 0.29) is 0 Å². The van der Waals surface area contributed by atoms with Crippen LogP contribution in [0.5, 0.6) is 0 Å². The van der Waals surface area contributed by atoms with Gasteiger partial charge < -0.3 is 5.32 Å². The Kier molecular flexibility index (Phi) is 2.96. The Morgan fingerprint density at radius 2 is 2.05 bits per heavy atom. The highest BCUT2D eigenvalue weighted by molar-refractivity contribution is 5.89. The van der Waals surface area contributed by atoms with Crippen molar-refractivity contribution < 1.29 is 0 Å². The Hall–Kier alpha value is -2.67. The van der Waals surface area contributed by atoms with Gasteiger partial charge in [-0.05, 0) is 31.0 Å². The number of nitrogens with one attached hydrogen (secondary N) is 3. The third kappa shape index (κ3) is 2.04. The minimum atomic E-state index is 0.328. The van der Waals surface area contributed by atoms with E-state index in [1.807, 2.05) is 12.1 Å². The minimum Gasteiger partial charge on any atom is -0.339 e. The molecule has 3 rings (SSSR count). The number of aryl methyl sites for hydroxylation is 1. The number of nitrogens with two attached hydrogens (primary N) is 1. The van der Waals surface area contributed by atoms with E-state index in [1.165, 1.54) is 11.1 Å². The predicted octanol–water partition coefficient (Wildman–Crippen LogP) is 2.00. The standard InChI is InChI=1S/C13H15N7/c1-7-4-3-5-10(8(7)2)16-11-9-6-15-20-12(9)18-13(17-11)19-14/h3-6H,14H2,1-2H3,(H3,15,16,17,18,19,20). The van der Waals surface area contributed by atoms with Crippen LogP contribution in [0.25, 0.3) is 11.0 Å². The molecule has 0 aliphatic carbocycles. The molecule has 0 amide bonds. The maximum absolute atomic E-state index is 5.39. The van der Waals surface area contributed by atoms with E-state index in [0.717, 1.165) is 11.1 Å². The first kappa shape index (κ1) is 12.4. The number of hydrazine groups is 1. The molecule has 0 saturated carbocycles. The SMILES string of the molecule is Cc1cccc(Nc2nc(NN)nc3[nH]ncc23)c1C. The zero-order valence-corrected chi connectivity index (χ0v) is 11.2. The number of aromatic amines is 1. The summed E-state index contributed by atoms with van der Waals surface area (Å²) in [7, 11) is 0. The molecule has 7 heteroatoms. The van der Waals surface area contributed by atoms with Crippen LogP contribution in [0.4, 0.5) is 17.5 Å². The summed E-state index contributed by atoms with van der Waals surface area (Å²) in [5.74, 6) is 6.37. The average molecular weight is 269 g/mol. The first-order valence-electron chi connectivity index (χ1n) is 6.20. The minimum absolute atomic E-state index is 0.328. The zero-order chi connectivity index (χ0) is 14.1. The fourth-order valence-corrected chi connectivity index (χ4v) is 2.01. The van der Waals surface area contributed by atoms with E-state index in [4.69, 9.17) is 5.84 Å². The molecule has 2 aromatic heterocycles. The topological polar surface area (TPSA) is 105 Å². The smallest absolute Gasteiger partial charge is 0.241 e. The Balaban J connectivity index is 2.10. The van der Waals surface area contributed by atoms with Crippen molar-refractivity contribution in [2.24, 2.45) is 5.84 Å². The Morgan fingerprint density at radius 3 is 2.85 bits per heavy atom. The molecule has 0 bridgehead atoms. The summed E-state index contributed by atoms with van der Waals surface area (Å²) < 4.78 is 0. The van der Waals surface area contributed by atoms with Gasteiger partial charge in [0.25, 0.3) is 0 Å². The molecule has 102 valence electrons. The van der Waals surface area contributed by atoms with Crippen molar-refractivity contribution >= 4 is 28.5 Å². The van der Waals surface area contributed by atoms with Gasteiger partial charge in [-0.15, -0.1) is 0 Å². The fourth-order valence-electron chi connectivity index (χ4n) is 2.01. The summed E-state index contributed by atoms with van der Waals surface area (Å²) in [5.41, 5.74) is 6.46. The van der Waals surface area contributed by atoms with Crippen molar-refractivity contribution in [3.8, 4) is 0 Å². The van der Waals surface area contributed by atoms with Crippen LogP contribution in [0.2, 0.25) is 0 Å². The number of benzene rings is 1. The summed E-state index contributed by atoms with van der Waals surface area (Å²) in [5, 5.41) is 10.9. The second kappa shape index (κ2) is 4.78. The van der Waals surface area contributed by atoms with Crippen molar-refractivity contribution in [3.05, 3.63) is 35.5 Å². The van der Waals surface area contributed by atoms with Gasteiger partial charge in [0, 0.05) is 5.69 Å². The van der Waals surface area contributed by atoms with Gasteiger partial charge in [0.15, 0.2) is 5.65 Å². The third-order valence-corrected chi connectivity index (χ3v) is 3.30. The van der Waals surface area contributed by atoms with E-state index in [2.05, 4.69) is 50.8 Å². The number of aromatic nitrogens is 4. The lowest BCUT2D eigenvalue weighted by Gasteiger charge is -2.12. The van der Waals surface area contributed by atoms with Gasteiger partial charge in [-0.1, -0.05) is 12.1 Å². The van der Waals surface area contributed by atoms with Gasteiger partial charge in [0.2, 0.25) is 5.95 Å². The first-order valence-corrected chi connectivity index (χ1v) is 6.20. The number of nitrogens with zero attached hydrogens (tertiary/aromatic N) is 3. The van der Waals surface area contributed by atoms with Gasteiger partial charge in [-0.2, -0.15) is 15.1 Å². The normalized spacial score (nSPS) is 10.8. The summed E-state index contributed by atoms with van der Waals surface area (Å²) in [6, 6.07) is 6.08. The van der Waals surface area contributed by atoms with Gasteiger partial charge in [0.05, 0.1) is 11.6 Å². The van der Waals surface area contributed by atoms with Crippen LogP contribution in [0.3, 0.4) is 0 Å². The molecule has 0 unspecified atom stereocenters. The molecule has 0 aliphatic rings. The van der Waals surface area contributed by atoms with Crippen LogP contribution in [-0.4, -0.2) is 20.2 Å². The summed E-state index contributed by atoms with van der Waals surface area (Å²) in [6.45, 7) is 4.13. The summed E-state index contributed by atoms with van der Waals surface area (Å²) in [6.07, 6.45) is 1.68. The Bertz CT molecular complexity index is 763. The van der Waals surface area contributed by atoms with Crippen molar-refractivity contribution in [1.82, 2.24) is 20.2 Å². The van der Waals surface area contributed by atoms with E-state index in [1.54, 1.807) is 6.20 Å². The number of rotatable bonds is 3. The van der Waals surface area contributed by atoms with Gasteiger partial charge >= 0.3 is 0 Å². The van der Waals surface area contributed by atoms with Crippen molar-refractivity contribution in [1.29, 1.82) is 0 Å². The highest BCUT2D eigenvalue weighted by Gasteiger charge is 2.10. The molecule has 2 heterocycles. The second-order valence-corrected chi connectivity index (χ2v) is 4.54. The van der Waals surface area contributed by atoms with Crippen molar-refractivity contribution in [3.63, 3.8) is 0 Å². The molecule has 1 aromatic carbocycles. The highest BCUT2D eigenvalue weighted by atomic mass is 15.3. The Morgan fingerprint density at radius 1 is 1.20 bits per heavy atom. The maximum Gasteiger partial charge on any atom is 0.241 e. The largest absolute Gasteiger partial charge is 0.339 e. The number of H-pyrrole nitrogens is 1. The van der Waals surface area contributed by atoms with Crippen LogP contribution in [0.1, 0.15) is 11.1 Å². The molecule has 3 aromatic rings. The van der Waals surface area contributed by atoms with Crippen molar-refractivity contribution in [2.75, 3.05) is 10.7 Å². The van der Waals surface area contributed by atoms with Crippen LogP contribution >= 0.6 is 0 Å². The second-order valence-electron chi connectivity index (χ2n) is 4.54. The number of anilines is 3. The average Bonchev–Trinajstić information content (AvgIpc) is 2.92. The van der Waals surface area contributed by atoms with Gasteiger partial charge in [-0.3, -0.25) is 10.5 Å². The summed E-state index contributed by atoms with van der Waals surface area (Å²) >= 11 is 0. The van der Waals surface area contributed by atoms with E-state index in [0.29, 0.717) is 17.4 Å². The monoisotopic (exact) mass is 269 g/mol. The molecular weight excluding hydrogens is 254 g/mol. The molecule has 7 nitrogen and oxygen atoms in total. The van der Waals surface area contributed by atoms with Crippen molar-refractivity contribution in [2.45, 2.75) is 13.8 Å². The molecule has 0 aliphatic heterocycles. The van der Waals surface area contributed by atoms with E-state index in [9.17, 15) is 0 Å². The molecule has 0 atom stereocenters. The fraction of sp³-hybridized carbons (Fsp3) is 0.154. The van der Waals surface area contributed by atoms with Crippen LogP contribution in [0.15, 0.2) is 24.4 Å². The maximum atomic E-state index is 5.39. The predicted molar refractivity (Wildman–Crippen MR) is 78.7 cm³/mol. The van der Waals surface area contributed by atoms with Gasteiger partial charge in [-0.25, -0.2) is 5.84 Å². The third-order valence-electron chi connectivity index (χ3n) is 3.30. The molecular formula is C13H15N7. The quantitative estimate of drug-likeness (QED) is 0.428. The zero-order valence-electron chi connectivity index (χ0n) is 11.2. The molecule has 20 heavy (non-hydrogen) atoms. The molecule has 0 fully saturated rings. The summed E-state index contributed by atoms with van der Waals surface area (Å²) in [4.78, 5) is 8.53. The molecule has 0 saturated heterocycles. The first-order chi connectivity index (χ1) is 9.69. The number of fused-ring (bicyclic) bond motifs is 1. The number of hydrogen-bond acceptors (Lipinski definition) is 6. The molecule has 0 radical (unpaired) electrons.